The summed E-state index contributed by atoms with van der Waals surface area (Å²) in [7, 11) is 0. The lowest BCUT2D eigenvalue weighted by atomic mass is 9.95. The zero-order chi connectivity index (χ0) is 10.6. The fourth-order valence-corrected chi connectivity index (χ4v) is 1.59. The number of aliphatic hydroxyl groups excluding tert-OH is 1. The molecule has 0 aliphatic heterocycles. The van der Waals surface area contributed by atoms with Gasteiger partial charge in [-0.25, -0.2) is 0 Å². The van der Waals surface area contributed by atoms with Crippen LogP contribution >= 0.6 is 0 Å². The maximum Gasteiger partial charge on any atom is 0.0497 e. The minimum Gasteiger partial charge on any atom is -0.396 e. The third kappa shape index (κ3) is 2.58. The van der Waals surface area contributed by atoms with E-state index in [1.54, 1.807) is 0 Å². The lowest BCUT2D eigenvalue weighted by Crippen LogP contribution is -2.01. The van der Waals surface area contributed by atoms with Crippen LogP contribution in [0.2, 0.25) is 0 Å². The van der Waals surface area contributed by atoms with Crippen molar-refractivity contribution in [2.24, 2.45) is 0 Å². The molecule has 1 rings (SSSR count). The molecule has 0 bridgehead atoms. The van der Waals surface area contributed by atoms with E-state index in [1.165, 1.54) is 16.7 Å². The molecule has 0 amide bonds. The van der Waals surface area contributed by atoms with Crippen molar-refractivity contribution in [3.8, 4) is 0 Å². The zero-order valence-electron chi connectivity index (χ0n) is 9.38. The topological polar surface area (TPSA) is 20.2 Å². The van der Waals surface area contributed by atoms with Crippen LogP contribution in [0.4, 0.5) is 0 Å². The summed E-state index contributed by atoms with van der Waals surface area (Å²) in [4.78, 5) is 0. The normalized spacial score (nSPS) is 12.9. The smallest absolute Gasteiger partial charge is 0.0497 e. The molecule has 0 saturated heterocycles. The van der Waals surface area contributed by atoms with Crippen LogP contribution in [0.25, 0.3) is 0 Å². The van der Waals surface area contributed by atoms with Crippen LogP contribution in [0.1, 0.15) is 43.4 Å². The van der Waals surface area contributed by atoms with E-state index in [9.17, 15) is 0 Å². The molecule has 1 heteroatoms. The van der Waals surface area contributed by atoms with Crippen LogP contribution < -0.4 is 0 Å². The first-order valence-corrected chi connectivity index (χ1v) is 5.44. The summed E-state index contributed by atoms with van der Waals surface area (Å²) in [5.74, 6) is 0.256. The first-order valence-electron chi connectivity index (χ1n) is 5.44. The maximum absolute atomic E-state index is 9.12. The molecular weight excluding hydrogens is 172 g/mol. The number of aryl methyl sites for hydroxylation is 2. The Morgan fingerprint density at radius 2 is 1.57 bits per heavy atom. The minimum absolute atomic E-state index is 0.232. The van der Waals surface area contributed by atoms with E-state index in [4.69, 9.17) is 5.11 Å². The summed E-state index contributed by atoms with van der Waals surface area (Å²) in [6.07, 6.45) is 2.14. The summed E-state index contributed by atoms with van der Waals surface area (Å²) < 4.78 is 0. The number of benzene rings is 1. The predicted octanol–water partition coefficient (Wildman–Crippen LogP) is 2.91. The van der Waals surface area contributed by atoms with Crippen LogP contribution in [0.15, 0.2) is 18.2 Å². The second-order valence-electron chi connectivity index (χ2n) is 3.87. The highest BCUT2D eigenvalue weighted by Gasteiger charge is 2.05. The Hall–Kier alpha value is -0.820. The molecule has 0 fully saturated rings. The standard InChI is InChI=1S/C13H20O/c1-4-11-6-12(5-2)8-13(7-11)10(3)9-14/h6-8,10,14H,4-5,9H2,1-3H3. The van der Waals surface area contributed by atoms with Gasteiger partial charge in [-0.2, -0.15) is 0 Å². The summed E-state index contributed by atoms with van der Waals surface area (Å²) in [5, 5.41) is 9.12. The summed E-state index contributed by atoms with van der Waals surface area (Å²) in [5.41, 5.74) is 4.02. The number of aliphatic hydroxyl groups is 1. The van der Waals surface area contributed by atoms with Gasteiger partial charge in [0, 0.05) is 12.5 Å². The predicted molar refractivity (Wildman–Crippen MR) is 60.7 cm³/mol. The molecule has 0 aliphatic carbocycles. The molecule has 1 unspecified atom stereocenters. The van der Waals surface area contributed by atoms with Crippen molar-refractivity contribution in [3.63, 3.8) is 0 Å². The van der Waals surface area contributed by atoms with Crippen molar-refractivity contribution in [3.05, 3.63) is 34.9 Å². The Bertz CT molecular complexity index is 269. The van der Waals surface area contributed by atoms with Gasteiger partial charge in [0.05, 0.1) is 0 Å². The van der Waals surface area contributed by atoms with Gasteiger partial charge in [-0.15, -0.1) is 0 Å². The van der Waals surface area contributed by atoms with E-state index in [2.05, 4.69) is 39.0 Å². The van der Waals surface area contributed by atoms with E-state index in [0.717, 1.165) is 12.8 Å². The fourth-order valence-electron chi connectivity index (χ4n) is 1.59. The molecule has 78 valence electrons. The van der Waals surface area contributed by atoms with E-state index in [1.807, 2.05) is 0 Å². The molecule has 1 aromatic carbocycles. The molecule has 0 aromatic heterocycles. The Morgan fingerprint density at radius 1 is 1.07 bits per heavy atom. The number of rotatable bonds is 4. The number of hydrogen-bond acceptors (Lipinski definition) is 1. The van der Waals surface area contributed by atoms with Crippen LogP contribution in [0.5, 0.6) is 0 Å². The monoisotopic (exact) mass is 192 g/mol. The van der Waals surface area contributed by atoms with Crippen LogP contribution in [-0.4, -0.2) is 11.7 Å². The van der Waals surface area contributed by atoms with Gasteiger partial charge in [0.2, 0.25) is 0 Å². The molecule has 1 aromatic rings. The van der Waals surface area contributed by atoms with Gasteiger partial charge < -0.3 is 5.11 Å². The van der Waals surface area contributed by atoms with Gasteiger partial charge in [-0.3, -0.25) is 0 Å². The van der Waals surface area contributed by atoms with Crippen molar-refractivity contribution in [2.75, 3.05) is 6.61 Å². The molecule has 1 atom stereocenters. The summed E-state index contributed by atoms with van der Waals surface area (Å²) >= 11 is 0. The van der Waals surface area contributed by atoms with Crippen molar-refractivity contribution >= 4 is 0 Å². The van der Waals surface area contributed by atoms with Gasteiger partial charge in [-0.05, 0) is 29.5 Å². The van der Waals surface area contributed by atoms with Gasteiger partial charge in [0.1, 0.15) is 0 Å². The Kier molecular flexibility index (Phi) is 4.15. The largest absolute Gasteiger partial charge is 0.396 e. The van der Waals surface area contributed by atoms with Crippen molar-refractivity contribution in [1.82, 2.24) is 0 Å². The molecule has 1 N–H and O–H groups in total. The third-order valence-corrected chi connectivity index (χ3v) is 2.73. The third-order valence-electron chi connectivity index (χ3n) is 2.73. The zero-order valence-corrected chi connectivity index (χ0v) is 9.38. The molecule has 0 spiro atoms. The fraction of sp³-hybridized carbons (Fsp3) is 0.538. The Labute approximate surface area is 86.8 Å². The van der Waals surface area contributed by atoms with Gasteiger partial charge >= 0.3 is 0 Å². The quantitative estimate of drug-likeness (QED) is 0.777. The van der Waals surface area contributed by atoms with E-state index >= 15 is 0 Å². The minimum atomic E-state index is 0.232. The van der Waals surface area contributed by atoms with Gasteiger partial charge in [0.15, 0.2) is 0 Å². The van der Waals surface area contributed by atoms with Crippen molar-refractivity contribution in [1.29, 1.82) is 0 Å². The van der Waals surface area contributed by atoms with E-state index in [-0.39, 0.29) is 12.5 Å². The molecule has 14 heavy (non-hydrogen) atoms. The molecule has 0 aliphatic rings. The van der Waals surface area contributed by atoms with Gasteiger partial charge in [0.25, 0.3) is 0 Å². The maximum atomic E-state index is 9.12. The van der Waals surface area contributed by atoms with Crippen LogP contribution in [0.3, 0.4) is 0 Å². The highest BCUT2D eigenvalue weighted by Crippen LogP contribution is 2.19. The highest BCUT2D eigenvalue weighted by molar-refractivity contribution is 5.32. The van der Waals surface area contributed by atoms with Crippen molar-refractivity contribution in [2.45, 2.75) is 39.5 Å². The first-order chi connectivity index (χ1) is 6.71. The van der Waals surface area contributed by atoms with Crippen LogP contribution in [0, 0.1) is 0 Å². The molecule has 0 saturated carbocycles. The second kappa shape index (κ2) is 5.16. The average molecular weight is 192 g/mol. The highest BCUT2D eigenvalue weighted by atomic mass is 16.3. The first kappa shape index (κ1) is 11.3. The van der Waals surface area contributed by atoms with Gasteiger partial charge in [-0.1, -0.05) is 39.0 Å². The van der Waals surface area contributed by atoms with E-state index < -0.39 is 0 Å². The molecule has 0 heterocycles. The summed E-state index contributed by atoms with van der Waals surface area (Å²) in [6, 6.07) is 6.67. The lowest BCUT2D eigenvalue weighted by molar-refractivity contribution is 0.273. The van der Waals surface area contributed by atoms with E-state index in [0.29, 0.717) is 0 Å². The number of hydrogen-bond donors (Lipinski definition) is 1. The Morgan fingerprint density at radius 3 is 1.93 bits per heavy atom. The summed E-state index contributed by atoms with van der Waals surface area (Å²) in [6.45, 7) is 6.63. The molecule has 1 nitrogen and oxygen atoms in total. The second-order valence-corrected chi connectivity index (χ2v) is 3.87. The van der Waals surface area contributed by atoms with Crippen molar-refractivity contribution < 1.29 is 5.11 Å². The SMILES string of the molecule is CCc1cc(CC)cc(C(C)CO)c1. The Balaban J connectivity index is 3.04. The average Bonchev–Trinajstić information content (AvgIpc) is 2.27. The van der Waals surface area contributed by atoms with Crippen LogP contribution in [-0.2, 0) is 12.8 Å². The lowest BCUT2D eigenvalue weighted by Gasteiger charge is -2.12. The molecule has 0 radical (unpaired) electrons. The molecular formula is C13H20O.